The third-order valence-electron chi connectivity index (χ3n) is 2.09. The van der Waals surface area contributed by atoms with Gasteiger partial charge in [0.25, 0.3) is 0 Å². The second kappa shape index (κ2) is 3.09. The molecular formula is C7H13NO3. The largest absolute Gasteiger partial charge is 0.465 e. The normalized spacial score (nSPS) is 32.0. The van der Waals surface area contributed by atoms with E-state index < -0.39 is 6.09 Å². The highest BCUT2D eigenvalue weighted by molar-refractivity contribution is 5.65. The lowest BCUT2D eigenvalue weighted by Crippen LogP contribution is -2.45. The number of hydrogen-bond donors (Lipinski definition) is 2. The van der Waals surface area contributed by atoms with Crippen LogP contribution in [-0.4, -0.2) is 39.9 Å². The van der Waals surface area contributed by atoms with E-state index in [2.05, 4.69) is 0 Å². The second-order valence-corrected chi connectivity index (χ2v) is 3.00. The minimum atomic E-state index is -0.885. The molecule has 2 atom stereocenters. The molecule has 1 heterocycles. The van der Waals surface area contributed by atoms with Crippen molar-refractivity contribution >= 4 is 6.09 Å². The summed E-state index contributed by atoms with van der Waals surface area (Å²) in [5.74, 6) is 0. The number of amides is 1. The number of carboxylic acid groups (broad SMARTS) is 1. The van der Waals surface area contributed by atoms with Crippen molar-refractivity contribution in [2.75, 3.05) is 6.54 Å². The molecule has 0 spiro atoms. The first kappa shape index (κ1) is 8.33. The first-order valence-electron chi connectivity index (χ1n) is 3.79. The monoisotopic (exact) mass is 159 g/mol. The molecule has 64 valence electrons. The molecule has 1 aliphatic heterocycles. The summed E-state index contributed by atoms with van der Waals surface area (Å²) >= 11 is 0. The van der Waals surface area contributed by atoms with Crippen molar-refractivity contribution in [2.24, 2.45) is 0 Å². The number of aliphatic hydroxyl groups excluding tert-OH is 1. The van der Waals surface area contributed by atoms with E-state index in [4.69, 9.17) is 10.2 Å². The van der Waals surface area contributed by atoms with E-state index in [0.29, 0.717) is 19.4 Å². The predicted molar refractivity (Wildman–Crippen MR) is 39.4 cm³/mol. The number of nitrogens with zero attached hydrogens (tertiary/aromatic N) is 1. The average molecular weight is 159 g/mol. The maximum atomic E-state index is 10.5. The molecule has 2 N–H and O–H groups in total. The molecule has 1 fully saturated rings. The van der Waals surface area contributed by atoms with Gasteiger partial charge in [-0.1, -0.05) is 0 Å². The van der Waals surface area contributed by atoms with Crippen molar-refractivity contribution < 1.29 is 15.0 Å². The Kier molecular flexibility index (Phi) is 2.34. The Hall–Kier alpha value is -0.770. The standard InChI is InChI=1S/C7H13NO3/c1-5-4-6(9)2-3-8(5)7(10)11/h5-6,9H,2-4H2,1H3,(H,10,11). The zero-order valence-electron chi connectivity index (χ0n) is 6.53. The summed E-state index contributed by atoms with van der Waals surface area (Å²) in [5, 5.41) is 17.8. The zero-order chi connectivity index (χ0) is 8.43. The minimum Gasteiger partial charge on any atom is -0.465 e. The highest BCUT2D eigenvalue weighted by Crippen LogP contribution is 2.16. The summed E-state index contributed by atoms with van der Waals surface area (Å²) in [7, 11) is 0. The Morgan fingerprint density at radius 1 is 1.64 bits per heavy atom. The molecular weight excluding hydrogens is 146 g/mol. The van der Waals surface area contributed by atoms with Crippen LogP contribution in [0.2, 0.25) is 0 Å². The molecule has 1 aliphatic rings. The third-order valence-corrected chi connectivity index (χ3v) is 2.09. The van der Waals surface area contributed by atoms with Crippen LogP contribution in [0.15, 0.2) is 0 Å². The molecule has 0 aromatic rings. The van der Waals surface area contributed by atoms with Crippen LogP contribution in [0, 0.1) is 0 Å². The van der Waals surface area contributed by atoms with Gasteiger partial charge in [0.15, 0.2) is 0 Å². The molecule has 0 aromatic carbocycles. The zero-order valence-corrected chi connectivity index (χ0v) is 6.53. The topological polar surface area (TPSA) is 60.8 Å². The Morgan fingerprint density at radius 2 is 2.27 bits per heavy atom. The molecule has 2 unspecified atom stereocenters. The molecule has 0 bridgehead atoms. The fourth-order valence-electron chi connectivity index (χ4n) is 1.43. The summed E-state index contributed by atoms with van der Waals surface area (Å²) in [5.41, 5.74) is 0. The van der Waals surface area contributed by atoms with Gasteiger partial charge in [-0.3, -0.25) is 0 Å². The van der Waals surface area contributed by atoms with Crippen molar-refractivity contribution in [1.29, 1.82) is 0 Å². The van der Waals surface area contributed by atoms with E-state index in [-0.39, 0.29) is 12.1 Å². The van der Waals surface area contributed by atoms with Gasteiger partial charge in [-0.25, -0.2) is 4.79 Å². The van der Waals surface area contributed by atoms with E-state index in [9.17, 15) is 4.79 Å². The molecule has 0 radical (unpaired) electrons. The number of aliphatic hydroxyl groups is 1. The molecule has 0 saturated carbocycles. The van der Waals surface area contributed by atoms with E-state index in [0.717, 1.165) is 0 Å². The molecule has 1 saturated heterocycles. The first-order chi connectivity index (χ1) is 5.11. The quantitative estimate of drug-likeness (QED) is 0.541. The number of carbonyl (C=O) groups is 1. The Morgan fingerprint density at radius 3 is 2.73 bits per heavy atom. The van der Waals surface area contributed by atoms with Crippen molar-refractivity contribution in [3.8, 4) is 0 Å². The van der Waals surface area contributed by atoms with Crippen LogP contribution in [0.3, 0.4) is 0 Å². The van der Waals surface area contributed by atoms with Crippen LogP contribution in [0.5, 0.6) is 0 Å². The minimum absolute atomic E-state index is 0.0451. The van der Waals surface area contributed by atoms with Crippen LogP contribution in [0.25, 0.3) is 0 Å². The number of likely N-dealkylation sites (tertiary alicyclic amines) is 1. The van der Waals surface area contributed by atoms with E-state index >= 15 is 0 Å². The van der Waals surface area contributed by atoms with Gasteiger partial charge in [-0.05, 0) is 19.8 Å². The van der Waals surface area contributed by atoms with Crippen LogP contribution in [0.4, 0.5) is 4.79 Å². The van der Waals surface area contributed by atoms with Gasteiger partial charge >= 0.3 is 6.09 Å². The molecule has 4 nitrogen and oxygen atoms in total. The van der Waals surface area contributed by atoms with Gasteiger partial charge in [0, 0.05) is 12.6 Å². The fourth-order valence-corrected chi connectivity index (χ4v) is 1.43. The van der Waals surface area contributed by atoms with Gasteiger partial charge in [-0.2, -0.15) is 0 Å². The van der Waals surface area contributed by atoms with Crippen molar-refractivity contribution in [2.45, 2.75) is 31.9 Å². The smallest absolute Gasteiger partial charge is 0.407 e. The predicted octanol–water partition coefficient (Wildman–Crippen LogP) is 0.510. The molecule has 11 heavy (non-hydrogen) atoms. The van der Waals surface area contributed by atoms with Crippen molar-refractivity contribution in [1.82, 2.24) is 4.90 Å². The van der Waals surface area contributed by atoms with Gasteiger partial charge in [0.05, 0.1) is 6.10 Å². The van der Waals surface area contributed by atoms with E-state index in [1.807, 2.05) is 6.92 Å². The summed E-state index contributed by atoms with van der Waals surface area (Å²) in [6.45, 7) is 2.27. The van der Waals surface area contributed by atoms with Crippen molar-refractivity contribution in [3.63, 3.8) is 0 Å². The molecule has 0 aromatic heterocycles. The van der Waals surface area contributed by atoms with E-state index in [1.54, 1.807) is 0 Å². The Labute approximate surface area is 65.4 Å². The number of hydrogen-bond acceptors (Lipinski definition) is 2. The maximum Gasteiger partial charge on any atom is 0.407 e. The van der Waals surface area contributed by atoms with E-state index in [1.165, 1.54) is 4.90 Å². The maximum absolute atomic E-state index is 10.5. The SMILES string of the molecule is CC1CC(O)CCN1C(=O)O. The fraction of sp³-hybridized carbons (Fsp3) is 0.857. The Bertz CT molecular complexity index is 160. The molecule has 1 rings (SSSR count). The highest BCUT2D eigenvalue weighted by atomic mass is 16.4. The summed E-state index contributed by atoms with van der Waals surface area (Å²) in [4.78, 5) is 11.9. The lowest BCUT2D eigenvalue weighted by molar-refractivity contribution is 0.0488. The molecule has 1 amide bonds. The van der Waals surface area contributed by atoms with Crippen LogP contribution in [0.1, 0.15) is 19.8 Å². The van der Waals surface area contributed by atoms with Gasteiger partial charge < -0.3 is 15.1 Å². The summed E-state index contributed by atoms with van der Waals surface area (Å²) in [6.07, 6.45) is -0.0758. The first-order valence-corrected chi connectivity index (χ1v) is 3.79. The lowest BCUT2D eigenvalue weighted by atomic mass is 10.0. The summed E-state index contributed by atoms with van der Waals surface area (Å²) < 4.78 is 0. The third kappa shape index (κ3) is 1.83. The van der Waals surface area contributed by atoms with Gasteiger partial charge in [-0.15, -0.1) is 0 Å². The van der Waals surface area contributed by atoms with Gasteiger partial charge in [0.2, 0.25) is 0 Å². The number of rotatable bonds is 0. The average Bonchev–Trinajstić information content (AvgIpc) is 1.85. The van der Waals surface area contributed by atoms with Crippen molar-refractivity contribution in [3.05, 3.63) is 0 Å². The molecule has 0 aliphatic carbocycles. The lowest BCUT2D eigenvalue weighted by Gasteiger charge is -2.33. The van der Waals surface area contributed by atoms with Crippen LogP contribution < -0.4 is 0 Å². The highest BCUT2D eigenvalue weighted by Gasteiger charge is 2.26. The Balaban J connectivity index is 2.50. The van der Waals surface area contributed by atoms with Crippen LogP contribution >= 0.6 is 0 Å². The van der Waals surface area contributed by atoms with Gasteiger partial charge in [0.1, 0.15) is 0 Å². The number of piperidine rings is 1. The molecule has 4 heteroatoms. The summed E-state index contributed by atoms with van der Waals surface area (Å²) in [6, 6.07) is -0.0451. The van der Waals surface area contributed by atoms with Crippen LogP contribution in [-0.2, 0) is 0 Å². The second-order valence-electron chi connectivity index (χ2n) is 3.00.